The molecule has 2 rings (SSSR count). The summed E-state index contributed by atoms with van der Waals surface area (Å²) in [5.74, 6) is -0.259. The number of thiol groups is 1. The molecule has 0 radical (unpaired) electrons. The number of carbonyl (C=O) groups excluding carboxylic acids is 2. The molecule has 0 saturated heterocycles. The molecular formula is C27H39N2O4PS. The lowest BCUT2D eigenvalue weighted by atomic mass is 10.0. The smallest absolute Gasteiger partial charge is 0.232 e. The maximum absolute atomic E-state index is 13.1. The van der Waals surface area contributed by atoms with E-state index in [0.29, 0.717) is 25.4 Å². The van der Waals surface area contributed by atoms with E-state index in [1.54, 1.807) is 17.1 Å². The van der Waals surface area contributed by atoms with Gasteiger partial charge in [0.2, 0.25) is 19.4 Å². The molecule has 1 aromatic rings. The number of amides is 2. The van der Waals surface area contributed by atoms with Crippen molar-refractivity contribution in [2.75, 3.05) is 13.2 Å². The van der Waals surface area contributed by atoms with E-state index in [1.165, 1.54) is 0 Å². The van der Waals surface area contributed by atoms with Gasteiger partial charge in [-0.15, -0.1) is 0 Å². The molecule has 0 saturated carbocycles. The fourth-order valence-electron chi connectivity index (χ4n) is 3.54. The molecule has 1 aliphatic rings. The molecule has 0 fully saturated rings. The van der Waals surface area contributed by atoms with Gasteiger partial charge in [0.15, 0.2) is 0 Å². The zero-order valence-electron chi connectivity index (χ0n) is 20.9. The molecule has 192 valence electrons. The van der Waals surface area contributed by atoms with Crippen LogP contribution in [-0.2, 0) is 20.7 Å². The molecule has 1 aromatic carbocycles. The van der Waals surface area contributed by atoms with Crippen LogP contribution in [0, 0.1) is 0 Å². The average molecular weight is 519 g/mol. The number of fused-ring (bicyclic) bond motifs is 1. The van der Waals surface area contributed by atoms with Gasteiger partial charge >= 0.3 is 0 Å². The topological polar surface area (TPSA) is 78.9 Å². The molecule has 8 heteroatoms. The van der Waals surface area contributed by atoms with E-state index in [9.17, 15) is 9.59 Å². The van der Waals surface area contributed by atoms with Gasteiger partial charge in [-0.1, -0.05) is 94.6 Å². The normalized spacial score (nSPS) is 16.5. The van der Waals surface area contributed by atoms with Gasteiger partial charge in [-0.05, 0) is 35.6 Å². The molecule has 0 aliphatic carbocycles. The second-order valence-electron chi connectivity index (χ2n) is 7.61. The van der Waals surface area contributed by atoms with Crippen molar-refractivity contribution in [1.82, 2.24) is 10.2 Å². The van der Waals surface area contributed by atoms with Gasteiger partial charge in [-0.25, -0.2) is 0 Å². The summed E-state index contributed by atoms with van der Waals surface area (Å²) in [5, 5.41) is 2.88. The lowest BCUT2D eigenvalue weighted by Crippen LogP contribution is -2.32. The Balaban J connectivity index is 0.00000298. The van der Waals surface area contributed by atoms with Crippen molar-refractivity contribution in [1.29, 1.82) is 0 Å². The summed E-state index contributed by atoms with van der Waals surface area (Å²) >= 11 is 3.80. The van der Waals surface area contributed by atoms with E-state index < -0.39 is 7.58 Å². The fourth-order valence-corrected chi connectivity index (χ4v) is 4.08. The number of nitrogens with zero attached hydrogens (tertiary/aromatic N) is 1. The zero-order chi connectivity index (χ0) is 26.1. The van der Waals surface area contributed by atoms with Crippen molar-refractivity contribution < 1.29 is 19.0 Å². The lowest BCUT2D eigenvalue weighted by molar-refractivity contribution is -0.132. The quantitative estimate of drug-likeness (QED) is 0.162. The van der Waals surface area contributed by atoms with Crippen LogP contribution >= 0.6 is 19.8 Å². The first-order valence-corrected chi connectivity index (χ1v) is 14.5. The molecule has 0 spiro atoms. The monoisotopic (exact) mass is 518 g/mol. The van der Waals surface area contributed by atoms with Gasteiger partial charge in [0.05, 0.1) is 18.8 Å². The van der Waals surface area contributed by atoms with Gasteiger partial charge in [-0.3, -0.25) is 9.59 Å². The van der Waals surface area contributed by atoms with Crippen molar-refractivity contribution in [2.45, 2.75) is 58.9 Å². The highest BCUT2D eigenvalue weighted by molar-refractivity contribution is 8.41. The molecule has 35 heavy (non-hydrogen) atoms. The van der Waals surface area contributed by atoms with Crippen molar-refractivity contribution in [3.05, 3.63) is 78.0 Å². The average Bonchev–Trinajstić information content (AvgIpc) is 2.85. The highest BCUT2D eigenvalue weighted by Gasteiger charge is 2.21. The number of rotatable bonds is 13. The first kappa shape index (κ1) is 30.9. The standard InChI is InChI=1S/C25H33N2O4PS.C2H6/c1-3-20-13-14-21-11-7-8-12-22(21)19-27(23(20)4-2)25(29)16-15-24(28)26-17-9-5-6-10-18-31-32(30)33;1-2/h3-4,7-8,11-14,30,33H,1-2,5-6,9-10,15-19H2,(H,26,28);1-2H3/b14-13-,23-20-;. The zero-order valence-corrected chi connectivity index (χ0v) is 22.7. The molecule has 1 unspecified atom stereocenters. The summed E-state index contributed by atoms with van der Waals surface area (Å²) in [4.78, 5) is 36.0. The first-order valence-electron chi connectivity index (χ1n) is 12.1. The van der Waals surface area contributed by atoms with Crippen molar-refractivity contribution >= 4 is 37.7 Å². The van der Waals surface area contributed by atoms with Crippen LogP contribution in [0.1, 0.15) is 63.5 Å². The van der Waals surface area contributed by atoms with Gasteiger partial charge < -0.3 is 19.6 Å². The maximum Gasteiger partial charge on any atom is 0.232 e. The Morgan fingerprint density at radius 2 is 1.83 bits per heavy atom. The molecule has 1 heterocycles. The first-order chi connectivity index (χ1) is 17.0. The fraction of sp³-hybridized carbons (Fsp3) is 0.407. The third-order valence-electron chi connectivity index (χ3n) is 5.29. The minimum Gasteiger partial charge on any atom is -0.356 e. The number of nitrogens with one attached hydrogen (secondary N) is 1. The Morgan fingerprint density at radius 3 is 2.51 bits per heavy atom. The Morgan fingerprint density at radius 1 is 1.11 bits per heavy atom. The number of hydrogen-bond donors (Lipinski definition) is 3. The summed E-state index contributed by atoms with van der Waals surface area (Å²) in [5.41, 5.74) is 3.58. The lowest BCUT2D eigenvalue weighted by Gasteiger charge is -2.27. The van der Waals surface area contributed by atoms with E-state index in [4.69, 9.17) is 9.42 Å². The molecule has 6 nitrogen and oxygen atoms in total. The summed E-state index contributed by atoms with van der Waals surface area (Å²) in [6, 6.07) is 7.93. The van der Waals surface area contributed by atoms with E-state index in [1.807, 2.05) is 50.3 Å². The molecular weight excluding hydrogens is 479 g/mol. The Kier molecular flexibility index (Phi) is 16.0. The molecule has 2 amide bonds. The van der Waals surface area contributed by atoms with Crippen molar-refractivity contribution in [2.24, 2.45) is 0 Å². The summed E-state index contributed by atoms with van der Waals surface area (Å²) in [6.45, 7) is 13.2. The van der Waals surface area contributed by atoms with E-state index in [0.717, 1.165) is 42.4 Å². The summed E-state index contributed by atoms with van der Waals surface area (Å²) < 4.78 is 5.01. The predicted molar refractivity (Wildman–Crippen MR) is 150 cm³/mol. The number of unbranched alkanes of at least 4 members (excludes halogenated alkanes) is 3. The Labute approximate surface area is 216 Å². The summed E-state index contributed by atoms with van der Waals surface area (Å²) in [6.07, 6.45) is 11.2. The number of benzene rings is 1. The predicted octanol–water partition coefficient (Wildman–Crippen LogP) is 6.32. The number of allylic oxidation sites excluding steroid dienone is 4. The molecule has 0 aromatic heterocycles. The van der Waals surface area contributed by atoms with Crippen LogP contribution in [0.15, 0.2) is 66.9 Å². The summed E-state index contributed by atoms with van der Waals surface area (Å²) in [7, 11) is -1.58. The third kappa shape index (κ3) is 11.4. The minimum absolute atomic E-state index is 0.116. The molecule has 0 bridgehead atoms. The van der Waals surface area contributed by atoms with Crippen LogP contribution in [0.5, 0.6) is 0 Å². The van der Waals surface area contributed by atoms with Crippen LogP contribution in [0.2, 0.25) is 0 Å². The maximum atomic E-state index is 13.1. The van der Waals surface area contributed by atoms with Crippen LogP contribution < -0.4 is 5.32 Å². The third-order valence-corrected chi connectivity index (χ3v) is 6.05. The van der Waals surface area contributed by atoms with Crippen molar-refractivity contribution in [3.8, 4) is 0 Å². The highest BCUT2D eigenvalue weighted by Crippen LogP contribution is 2.36. The van der Waals surface area contributed by atoms with Crippen LogP contribution in [0.3, 0.4) is 0 Å². The number of carbonyl (C=O) groups is 2. The second kappa shape index (κ2) is 18.1. The van der Waals surface area contributed by atoms with Gasteiger partial charge in [0.25, 0.3) is 0 Å². The van der Waals surface area contributed by atoms with Gasteiger partial charge in [0, 0.05) is 19.4 Å². The second-order valence-corrected chi connectivity index (χ2v) is 9.40. The van der Waals surface area contributed by atoms with Crippen LogP contribution in [0.4, 0.5) is 0 Å². The van der Waals surface area contributed by atoms with E-state index >= 15 is 0 Å². The molecule has 1 aliphatic heterocycles. The molecule has 1 atom stereocenters. The van der Waals surface area contributed by atoms with Gasteiger partial charge in [-0.2, -0.15) is 0 Å². The van der Waals surface area contributed by atoms with E-state index in [2.05, 4.69) is 30.7 Å². The SMILES string of the molecule is C=CC1=C(\C=C)N(C(=O)CCC(=O)NCCCCCCOP(O)S)Cc2ccccc2/C=C\1.CC. The van der Waals surface area contributed by atoms with Gasteiger partial charge in [0.1, 0.15) is 0 Å². The van der Waals surface area contributed by atoms with Crippen molar-refractivity contribution in [3.63, 3.8) is 0 Å². The number of hydrogen-bond acceptors (Lipinski definition) is 5. The highest BCUT2D eigenvalue weighted by atomic mass is 32.7. The Bertz CT molecular complexity index is 899. The molecule has 2 N–H and O–H groups in total. The minimum atomic E-state index is -1.58. The Hall–Kier alpha value is -2.18. The van der Waals surface area contributed by atoms with E-state index in [-0.39, 0.29) is 24.7 Å². The van der Waals surface area contributed by atoms with Crippen LogP contribution in [-0.4, -0.2) is 34.8 Å². The largest absolute Gasteiger partial charge is 0.356 e. The van der Waals surface area contributed by atoms with Crippen LogP contribution in [0.25, 0.3) is 6.08 Å².